The fourth-order valence-corrected chi connectivity index (χ4v) is 9.06. The first-order chi connectivity index (χ1) is 39.9. The number of benzene rings is 6. The van der Waals surface area contributed by atoms with Crippen LogP contribution in [0.1, 0.15) is 71.9 Å². The Labute approximate surface area is 528 Å². The predicted molar refractivity (Wildman–Crippen MR) is 328 cm³/mol. The molecule has 0 saturated heterocycles. The van der Waals surface area contributed by atoms with Gasteiger partial charge in [0.2, 0.25) is 0 Å². The molecule has 0 aliphatic carbocycles. The van der Waals surface area contributed by atoms with Crippen molar-refractivity contribution in [1.29, 1.82) is 0 Å². The first-order valence-corrected chi connectivity index (χ1v) is 27.4. The minimum Gasteiger partial charge on any atom is -0.499 e. The van der Waals surface area contributed by atoms with Crippen LogP contribution in [0.2, 0.25) is 0 Å². The van der Waals surface area contributed by atoms with Crippen molar-refractivity contribution in [2.75, 3.05) is 52.9 Å². The first-order valence-electron chi connectivity index (χ1n) is 24.2. The van der Waals surface area contributed by atoms with Crippen LogP contribution >= 0.6 is 80.2 Å². The molecule has 0 saturated carbocycles. The number of aliphatic hydroxyl groups excluding tert-OH is 1. The Hall–Kier alpha value is -6.52. The summed E-state index contributed by atoms with van der Waals surface area (Å²) in [6.07, 6.45) is 5.44. The highest BCUT2D eigenvalue weighted by molar-refractivity contribution is 14.1. The zero-order valence-corrected chi connectivity index (χ0v) is 50.9. The summed E-state index contributed by atoms with van der Waals surface area (Å²) in [6, 6.07) is 17.7. The number of fused-ring (bicyclic) bond motifs is 3. The molecule has 0 radical (unpaired) electrons. The molecule has 0 aliphatic rings. The van der Waals surface area contributed by atoms with Crippen LogP contribution in [0.5, 0.6) is 0 Å². The van der Waals surface area contributed by atoms with Crippen molar-refractivity contribution in [3.05, 3.63) is 213 Å². The van der Waals surface area contributed by atoms with Gasteiger partial charge in [-0.2, -0.15) is 0 Å². The number of aromatic nitrogens is 3. The lowest BCUT2D eigenvalue weighted by molar-refractivity contribution is 0.0637. The van der Waals surface area contributed by atoms with Gasteiger partial charge in [-0.05, 0) is 139 Å². The van der Waals surface area contributed by atoms with Crippen LogP contribution in [0, 0.1) is 45.6 Å². The van der Waals surface area contributed by atoms with Gasteiger partial charge in [-0.1, -0.05) is 38.8 Å². The van der Waals surface area contributed by atoms with Gasteiger partial charge in [0.15, 0.2) is 64.9 Å². The van der Waals surface area contributed by atoms with Crippen LogP contribution in [0.15, 0.2) is 131 Å². The number of Topliss-reactive ketones (excluding diaryl/α,β-unsaturated/α-hetero) is 2. The van der Waals surface area contributed by atoms with Gasteiger partial charge >= 0.3 is 5.97 Å². The van der Waals surface area contributed by atoms with E-state index in [1.807, 2.05) is 67.8 Å². The minimum atomic E-state index is -1.31. The van der Waals surface area contributed by atoms with E-state index in [0.717, 1.165) is 22.8 Å². The van der Waals surface area contributed by atoms with Crippen LogP contribution in [-0.2, 0) is 43.0 Å². The number of rotatable bonds is 23. The van der Waals surface area contributed by atoms with Crippen LogP contribution in [0.25, 0.3) is 33.3 Å². The summed E-state index contributed by atoms with van der Waals surface area (Å²) < 4.78 is 124. The topological polar surface area (TPSA) is 242 Å². The van der Waals surface area contributed by atoms with E-state index in [-0.39, 0.29) is 162 Å². The summed E-state index contributed by atoms with van der Waals surface area (Å²) in [6.45, 7) is 7.16. The lowest BCUT2D eigenvalue weighted by Gasteiger charge is -2.12. The number of carboxylic acid groups (broad SMARTS) is 1. The van der Waals surface area contributed by atoms with E-state index < -0.39 is 52.4 Å². The fraction of sp³-hybridized carbons (Fsp3) is 0.207. The highest BCUT2D eigenvalue weighted by atomic mass is 127. The molecule has 0 amide bonds. The molecule has 9 aromatic rings. The average Bonchev–Trinajstić information content (AvgIpc) is 2.48. The van der Waals surface area contributed by atoms with Gasteiger partial charge in [0.25, 0.3) is 0 Å². The number of nitrogens with two attached hydrogens (primary N) is 1. The van der Waals surface area contributed by atoms with Crippen LogP contribution < -0.4 is 5.90 Å². The number of aliphatic hydroxyl groups is 1. The van der Waals surface area contributed by atoms with Crippen LogP contribution in [0.3, 0.4) is 0 Å². The summed E-state index contributed by atoms with van der Waals surface area (Å²) in [4.78, 5) is 52.0. The summed E-state index contributed by atoms with van der Waals surface area (Å²) >= 11 is 5.93. The predicted octanol–water partition coefficient (Wildman–Crippen LogP) is 13.2. The number of carboxylic acids is 1. The first kappa shape index (κ1) is 71.0. The van der Waals surface area contributed by atoms with Crippen LogP contribution in [-0.4, -0.2) is 95.6 Å². The van der Waals surface area contributed by atoms with Crippen molar-refractivity contribution in [2.24, 2.45) is 5.90 Å². The summed E-state index contributed by atoms with van der Waals surface area (Å²) in [5, 5.41) is 18.0. The number of hydrogen-bond donors (Lipinski definition) is 3. The molecule has 0 fully saturated rings. The minimum absolute atomic E-state index is 0. The maximum atomic E-state index is 15.0. The number of halogens is 10. The van der Waals surface area contributed by atoms with Gasteiger partial charge in [0.05, 0.1) is 37.9 Å². The number of carbonyl (C=O) groups excluding carboxylic acids is 2. The number of ether oxygens (including phenoxy) is 4. The molecule has 0 bridgehead atoms. The Bertz CT molecular complexity index is 3760. The molecule has 0 aliphatic heterocycles. The van der Waals surface area contributed by atoms with Crippen LogP contribution in [0.4, 0.5) is 26.3 Å². The van der Waals surface area contributed by atoms with E-state index in [1.165, 1.54) is 55.0 Å². The Morgan fingerprint density at radius 2 is 0.882 bits per heavy atom. The van der Waals surface area contributed by atoms with Gasteiger partial charge in [-0.25, -0.2) is 52.0 Å². The van der Waals surface area contributed by atoms with Crippen molar-refractivity contribution in [2.45, 2.75) is 26.7 Å². The Balaban J connectivity index is 0.000000257. The SMILES string of the molecule is C.C=COCCOCC(=O)c1cc2ocnc2c(F)c1Cc1ccc(I)cc1F.C=COCCON.Cl.O=C(COCCO)c1cc2ocnc2c(F)c1Cc1ccc(I)cc1F.O=C(O)c1cc2ocnc2c(F)c1Cc1ccc(I)cc1F. The molecule has 3 aromatic heterocycles. The lowest BCUT2D eigenvalue weighted by Crippen LogP contribution is -2.15. The monoisotopic (exact) mass is 1540 g/mol. The van der Waals surface area contributed by atoms with E-state index in [0.29, 0.717) is 20.4 Å². The zero-order valence-electron chi connectivity index (χ0n) is 43.6. The second-order valence-electron chi connectivity index (χ2n) is 16.9. The van der Waals surface area contributed by atoms with E-state index in [4.69, 9.17) is 32.6 Å². The Morgan fingerprint density at radius 1 is 0.541 bits per heavy atom. The molecule has 0 spiro atoms. The standard InChI is InChI=1S/C20H16F2INO4.C18H14F2INO4.C15H8F2INO3.C4H9NO2.CH4.ClH/c1-2-26-5-6-27-10-17(25)14-9-18-20(24-11-28-18)19(22)15(14)7-12-3-4-13(23)8-16(12)21;19-14-6-11(21)2-1-10(14)5-13-12(15(24)8-25-4-3-23)7-16-18(17(13)20)22-9-26-16;16-11-4-8(18)2-1-7(11)3-9-10(15(20)21)5-12-14(13(9)17)19-6-22-12;1-2-6-3-4-7-5;;/h2-4,8-9,11H,1,5-7,10H2;1-2,6-7,9,23H,3-5,8H2;1-2,4-6H,3H2,(H,20,21);2H,1,3-5H2;1H4;1H. The lowest BCUT2D eigenvalue weighted by atomic mass is 9.95. The summed E-state index contributed by atoms with van der Waals surface area (Å²) in [7, 11) is 0. The fourth-order valence-electron chi connectivity index (χ4n) is 7.70. The van der Waals surface area contributed by atoms with E-state index in [2.05, 4.69) is 43.6 Å². The smallest absolute Gasteiger partial charge is 0.336 e. The Morgan fingerprint density at radius 3 is 1.21 bits per heavy atom. The van der Waals surface area contributed by atoms with E-state index in [9.17, 15) is 41.4 Å². The molecule has 9 rings (SSSR count). The normalized spacial score (nSPS) is 10.6. The van der Waals surface area contributed by atoms with Crippen molar-refractivity contribution in [3.8, 4) is 0 Å². The Kier molecular flexibility index (Phi) is 29.4. The quantitative estimate of drug-likeness (QED) is 0.0135. The highest BCUT2D eigenvalue weighted by Crippen LogP contribution is 2.31. The number of nitrogens with zero attached hydrogens (tertiary/aromatic N) is 3. The molecule has 0 unspecified atom stereocenters. The molecule has 17 nitrogen and oxygen atoms in total. The second-order valence-corrected chi connectivity index (χ2v) is 20.6. The van der Waals surface area contributed by atoms with E-state index in [1.54, 1.807) is 30.3 Å². The average molecular weight is 1540 g/mol. The molecular weight excluding hydrogens is 1490 g/mol. The van der Waals surface area contributed by atoms with Gasteiger partial charge in [-0.3, -0.25) is 9.59 Å². The van der Waals surface area contributed by atoms with E-state index >= 15 is 4.39 Å². The van der Waals surface area contributed by atoms with Crippen molar-refractivity contribution < 1.29 is 88.0 Å². The maximum Gasteiger partial charge on any atom is 0.336 e. The summed E-state index contributed by atoms with van der Waals surface area (Å²) in [5.41, 5.74) is 0.799. The summed E-state index contributed by atoms with van der Waals surface area (Å²) in [5.74, 6) is -1.28. The van der Waals surface area contributed by atoms with Crippen molar-refractivity contribution in [3.63, 3.8) is 0 Å². The molecule has 6 aromatic carbocycles. The maximum absolute atomic E-state index is 15.0. The largest absolute Gasteiger partial charge is 0.499 e. The molecule has 452 valence electrons. The third kappa shape index (κ3) is 19.5. The number of carbonyl (C=O) groups is 3. The van der Waals surface area contributed by atoms with Gasteiger partial charge < -0.3 is 47.2 Å². The molecular formula is C58H52ClF6I3N4O13. The molecule has 85 heavy (non-hydrogen) atoms. The van der Waals surface area contributed by atoms with Crippen molar-refractivity contribution >= 4 is 131 Å². The number of hydrogen-bond acceptors (Lipinski definition) is 16. The van der Waals surface area contributed by atoms with Crippen molar-refractivity contribution in [1.82, 2.24) is 15.0 Å². The highest BCUT2D eigenvalue weighted by Gasteiger charge is 2.25. The third-order valence-corrected chi connectivity index (χ3v) is 13.6. The number of ketones is 2. The number of aromatic carboxylic acids is 1. The third-order valence-electron chi connectivity index (χ3n) is 11.6. The zero-order chi connectivity index (χ0) is 60.2. The molecule has 0 atom stereocenters. The molecule has 4 N–H and O–H groups in total. The van der Waals surface area contributed by atoms with Gasteiger partial charge in [0, 0.05) is 57.8 Å². The van der Waals surface area contributed by atoms with Gasteiger partial charge in [0.1, 0.15) is 67.0 Å². The molecule has 27 heteroatoms. The number of oxazole rings is 3. The second kappa shape index (κ2) is 35.2. The van der Waals surface area contributed by atoms with Gasteiger partial charge in [-0.15, -0.1) is 12.4 Å². The molecule has 3 heterocycles.